The van der Waals surface area contributed by atoms with Gasteiger partial charge in [0.2, 0.25) is 6.29 Å². The quantitative estimate of drug-likeness (QED) is 0.0551. The minimum atomic E-state index is -1.86. The van der Waals surface area contributed by atoms with E-state index in [1.165, 1.54) is 12.5 Å². The fraction of sp³-hybridized carbons (Fsp3) is 0.912. The number of carbonyl (C=O) groups is 1. The molecule has 0 aromatic carbocycles. The third-order valence-corrected chi connectivity index (χ3v) is 22.1. The number of carbonyl (C=O) groups excluding carboxylic acids is 1. The van der Waals surface area contributed by atoms with Crippen LogP contribution in [0.1, 0.15) is 106 Å². The van der Waals surface area contributed by atoms with Gasteiger partial charge in [-0.25, -0.2) is 0 Å². The molecule has 25 nitrogen and oxygen atoms in total. The number of aliphatic hydroxyl groups is 14. The Morgan fingerprint density at radius 2 is 1.22 bits per heavy atom. The van der Waals surface area contributed by atoms with Crippen molar-refractivity contribution in [2.24, 2.45) is 44.8 Å². The highest BCUT2D eigenvalue weighted by molar-refractivity contribution is 5.79. The van der Waals surface area contributed by atoms with Crippen molar-refractivity contribution < 1.29 is 124 Å². The van der Waals surface area contributed by atoms with Gasteiger partial charge in [0.15, 0.2) is 25.2 Å². The molecule has 14 N–H and O–H groups in total. The fourth-order valence-corrected chi connectivity index (χ4v) is 16.9. The van der Waals surface area contributed by atoms with E-state index in [4.69, 9.17) is 47.4 Å². The van der Waals surface area contributed by atoms with E-state index in [0.717, 1.165) is 31.3 Å². The van der Waals surface area contributed by atoms with E-state index in [2.05, 4.69) is 47.3 Å². The van der Waals surface area contributed by atoms with Crippen LogP contribution in [0.4, 0.5) is 0 Å². The molecule has 0 radical (unpaired) electrons. The summed E-state index contributed by atoms with van der Waals surface area (Å²) in [6, 6.07) is 0. The Balaban J connectivity index is 0.863. The average Bonchev–Trinajstić information content (AvgIpc) is 0.764. The van der Waals surface area contributed by atoms with Crippen molar-refractivity contribution in [2.45, 2.75) is 253 Å². The van der Waals surface area contributed by atoms with Gasteiger partial charge in [-0.3, -0.25) is 4.79 Å². The highest BCUT2D eigenvalue weighted by Gasteiger charge is 2.70. The molecular weight excluding hydrogens is 1080 g/mol. The minimum absolute atomic E-state index is 0.102. The zero-order valence-corrected chi connectivity index (χ0v) is 47.5. The maximum absolute atomic E-state index is 15.0. The number of ether oxygens (including phenoxy) is 10. The van der Waals surface area contributed by atoms with Gasteiger partial charge in [-0.05, 0) is 105 Å². The number of aliphatic hydroxyl groups excluding tert-OH is 14. The van der Waals surface area contributed by atoms with E-state index in [0.29, 0.717) is 38.5 Å². The maximum Gasteiger partial charge on any atom is 0.315 e. The predicted molar refractivity (Wildman–Crippen MR) is 277 cm³/mol. The molecule has 9 fully saturated rings. The minimum Gasteiger partial charge on any atom is -0.432 e. The van der Waals surface area contributed by atoms with E-state index < -0.39 is 177 Å². The molecule has 5 heterocycles. The molecule has 82 heavy (non-hydrogen) atoms. The summed E-state index contributed by atoms with van der Waals surface area (Å²) in [5.74, 6) is -0.654. The van der Waals surface area contributed by atoms with Gasteiger partial charge >= 0.3 is 5.97 Å². The molecule has 0 aromatic heterocycles. The number of esters is 1. The number of hydrogen-bond acceptors (Lipinski definition) is 25. The summed E-state index contributed by atoms with van der Waals surface area (Å²) in [5.41, 5.74) is -0.286. The molecule has 0 bridgehead atoms. The van der Waals surface area contributed by atoms with Crippen LogP contribution in [-0.2, 0) is 52.2 Å². The van der Waals surface area contributed by atoms with Crippen LogP contribution in [-0.4, -0.2) is 251 Å². The van der Waals surface area contributed by atoms with E-state index >= 15 is 4.79 Å². The van der Waals surface area contributed by atoms with Crippen LogP contribution in [0, 0.1) is 44.8 Å². The van der Waals surface area contributed by atoms with E-state index in [1.54, 1.807) is 0 Å². The summed E-state index contributed by atoms with van der Waals surface area (Å²) in [4.78, 5) is 15.0. The van der Waals surface area contributed by atoms with Crippen LogP contribution >= 0.6 is 0 Å². The molecule has 0 spiro atoms. The predicted octanol–water partition coefficient (Wildman–Crippen LogP) is -2.38. The molecular formula is C57H90O25. The molecule has 5 aliphatic carbocycles. The molecule has 31 atom stereocenters. The van der Waals surface area contributed by atoms with Gasteiger partial charge in [0.1, 0.15) is 104 Å². The molecule has 5 aliphatic heterocycles. The molecule has 25 heteroatoms. The van der Waals surface area contributed by atoms with Crippen LogP contribution in [0.2, 0.25) is 0 Å². The van der Waals surface area contributed by atoms with Gasteiger partial charge in [0, 0.05) is 5.92 Å². The van der Waals surface area contributed by atoms with E-state index in [-0.39, 0.29) is 47.2 Å². The first-order valence-electron chi connectivity index (χ1n) is 29.4. The summed E-state index contributed by atoms with van der Waals surface area (Å²) in [6.45, 7) is 15.4. The Morgan fingerprint density at radius 3 is 1.93 bits per heavy atom. The Labute approximate surface area is 476 Å². The van der Waals surface area contributed by atoms with Crippen LogP contribution in [0.5, 0.6) is 0 Å². The third-order valence-electron chi connectivity index (χ3n) is 22.1. The summed E-state index contributed by atoms with van der Waals surface area (Å²) in [5, 5.41) is 149. The molecule has 10 aliphatic rings. The topological polar surface area (TPSA) is 393 Å². The lowest BCUT2D eigenvalue weighted by atomic mass is 9.34. The second kappa shape index (κ2) is 23.5. The van der Waals surface area contributed by atoms with Gasteiger partial charge in [0.25, 0.3) is 0 Å². The second-order valence-corrected chi connectivity index (χ2v) is 26.8. The highest BCUT2D eigenvalue weighted by Crippen LogP contribution is 2.75. The normalized spacial score (nSPS) is 54.1. The van der Waals surface area contributed by atoms with E-state index in [1.807, 2.05) is 0 Å². The van der Waals surface area contributed by atoms with E-state index in [9.17, 15) is 71.5 Å². The smallest absolute Gasteiger partial charge is 0.315 e. The number of fused-ring (bicyclic) bond motifs is 7. The van der Waals surface area contributed by atoms with Crippen molar-refractivity contribution >= 4 is 5.97 Å². The molecule has 0 amide bonds. The van der Waals surface area contributed by atoms with Gasteiger partial charge < -0.3 is 119 Å². The lowest BCUT2D eigenvalue weighted by Crippen LogP contribution is -2.66. The van der Waals surface area contributed by atoms with Crippen LogP contribution < -0.4 is 0 Å². The second-order valence-electron chi connectivity index (χ2n) is 26.8. The lowest BCUT2D eigenvalue weighted by Gasteiger charge is -2.71. The molecule has 468 valence electrons. The Bertz CT molecular complexity index is 2310. The van der Waals surface area contributed by atoms with Crippen molar-refractivity contribution in [2.75, 3.05) is 26.4 Å². The Hall–Kier alpha value is -1.97. The summed E-state index contributed by atoms with van der Waals surface area (Å²) < 4.78 is 60.2. The number of rotatable bonds is 12. The molecule has 10 rings (SSSR count). The SMILES string of the molecule is C=C1CCC2(C(=O)OC3OC(COC4OC(CO)C(O)C(O)C4O)C(O)C(O)C3O)CCC3(C)C(=CCC4C5(C)CCC(OC6OCC(O)C(OC7OCC(O)C(O)C7O)C6OC6OC(C)C(O)C(O)C6O)C(C)(C)C5CCC43C)C2C1. The van der Waals surface area contributed by atoms with Gasteiger partial charge in [0.05, 0.1) is 44.1 Å². The van der Waals surface area contributed by atoms with Crippen LogP contribution in [0.15, 0.2) is 23.8 Å². The van der Waals surface area contributed by atoms with Crippen LogP contribution in [0.3, 0.4) is 0 Å². The first kappa shape index (κ1) is 63.1. The van der Waals surface area contributed by atoms with Crippen molar-refractivity contribution in [1.29, 1.82) is 0 Å². The number of hydrogen-bond donors (Lipinski definition) is 14. The largest absolute Gasteiger partial charge is 0.432 e. The molecule has 31 unspecified atom stereocenters. The molecule has 0 aromatic rings. The van der Waals surface area contributed by atoms with Crippen molar-refractivity contribution in [3.8, 4) is 0 Å². The van der Waals surface area contributed by atoms with Gasteiger partial charge in [-0.15, -0.1) is 0 Å². The zero-order chi connectivity index (χ0) is 59.5. The maximum atomic E-state index is 15.0. The van der Waals surface area contributed by atoms with Crippen molar-refractivity contribution in [1.82, 2.24) is 0 Å². The number of allylic oxidation sites excluding steroid dienone is 3. The molecule has 5 saturated heterocycles. The van der Waals surface area contributed by atoms with Gasteiger partial charge in [-0.2, -0.15) is 0 Å². The first-order valence-corrected chi connectivity index (χ1v) is 29.4. The molecule has 4 saturated carbocycles. The monoisotopic (exact) mass is 1170 g/mol. The van der Waals surface area contributed by atoms with Gasteiger partial charge in [-0.1, -0.05) is 58.4 Å². The Morgan fingerprint density at radius 1 is 0.610 bits per heavy atom. The average molecular weight is 1180 g/mol. The highest BCUT2D eigenvalue weighted by atomic mass is 16.8. The fourth-order valence-electron chi connectivity index (χ4n) is 16.9. The lowest BCUT2D eigenvalue weighted by molar-refractivity contribution is -0.383. The van der Waals surface area contributed by atoms with Crippen molar-refractivity contribution in [3.05, 3.63) is 23.8 Å². The Kier molecular flexibility index (Phi) is 18.1. The van der Waals surface area contributed by atoms with Crippen molar-refractivity contribution in [3.63, 3.8) is 0 Å². The first-order chi connectivity index (χ1) is 38.5. The summed E-state index contributed by atoms with van der Waals surface area (Å²) in [7, 11) is 0. The third kappa shape index (κ3) is 10.5. The van der Waals surface area contributed by atoms with Crippen LogP contribution in [0.25, 0.3) is 0 Å². The standard InChI is InChI=1S/C57H90O25/c1-23-10-15-57(52(72)82-50-44(71)40(67)37(64)30(78-50)22-75-47-42(69)39(66)36(63)29(19-58)77-47)17-16-55(6)25(26(57)18-23)8-9-32-54(5)13-12-33(53(3,4)31(54)11-14-56(32,55)7)79-51-46(81-49-43(70)38(65)34(61)24(2)76-49)45(28(60)21-74-51)80-48-41(68)35(62)27(59)20-73-48/h8,24,26-51,58-71H,1,9-22H2,2-7H3. The summed E-state index contributed by atoms with van der Waals surface area (Å²) >= 11 is 0. The zero-order valence-electron chi connectivity index (χ0n) is 47.5. The summed E-state index contributed by atoms with van der Waals surface area (Å²) in [6.07, 6.45) is -27.7.